The second-order valence-corrected chi connectivity index (χ2v) is 3.78. The van der Waals surface area contributed by atoms with Gasteiger partial charge < -0.3 is 5.11 Å². The number of carboxylic acids is 1. The fraction of sp³-hybridized carbons (Fsp3) is 0.167. The fourth-order valence-electron chi connectivity index (χ4n) is 1.96. The summed E-state index contributed by atoms with van der Waals surface area (Å²) in [4.78, 5) is 15.4. The molecule has 0 atom stereocenters. The van der Waals surface area contributed by atoms with E-state index in [9.17, 15) is 4.79 Å². The van der Waals surface area contributed by atoms with Crippen molar-refractivity contribution >= 4 is 16.9 Å². The van der Waals surface area contributed by atoms with Crippen molar-refractivity contribution in [3.05, 3.63) is 41.1 Å². The molecule has 0 spiro atoms. The average molecular weight is 199 g/mol. The molecule has 0 saturated carbocycles. The highest BCUT2D eigenvalue weighted by atomic mass is 16.4. The summed E-state index contributed by atoms with van der Waals surface area (Å²) in [7, 11) is 0. The molecule has 2 aromatic rings. The lowest BCUT2D eigenvalue weighted by Crippen LogP contribution is -2.12. The van der Waals surface area contributed by atoms with Crippen LogP contribution in [0.15, 0.2) is 24.3 Å². The van der Waals surface area contributed by atoms with Crippen molar-refractivity contribution in [2.75, 3.05) is 0 Å². The molecule has 0 aliphatic heterocycles. The molecule has 1 aromatic carbocycles. The summed E-state index contributed by atoms with van der Waals surface area (Å²) >= 11 is 0. The lowest BCUT2D eigenvalue weighted by Gasteiger charge is -2.18. The van der Waals surface area contributed by atoms with Crippen LogP contribution in [0.1, 0.15) is 21.6 Å². The SMILES string of the molecule is O=C(O)c1cccc2cc3c(nc12)CC3. The topological polar surface area (TPSA) is 50.2 Å². The summed E-state index contributed by atoms with van der Waals surface area (Å²) in [5.41, 5.74) is 3.21. The van der Waals surface area contributed by atoms with E-state index < -0.39 is 5.97 Å². The number of para-hydroxylation sites is 1. The minimum absolute atomic E-state index is 0.294. The van der Waals surface area contributed by atoms with Crippen LogP contribution in [0, 0.1) is 0 Å². The number of aromatic carboxylic acids is 1. The third kappa shape index (κ3) is 1.13. The number of aryl methyl sites for hydroxylation is 2. The maximum absolute atomic E-state index is 11.0. The smallest absolute Gasteiger partial charge is 0.337 e. The first kappa shape index (κ1) is 8.41. The number of carbonyl (C=O) groups is 1. The van der Waals surface area contributed by atoms with Gasteiger partial charge in [-0.25, -0.2) is 4.79 Å². The third-order valence-electron chi connectivity index (χ3n) is 2.88. The standard InChI is InChI=1S/C12H9NO2/c14-12(15)9-3-1-2-8-6-7-4-5-10(7)13-11(8)9/h1-3,6H,4-5H2,(H,14,15). The number of hydrogen-bond donors (Lipinski definition) is 1. The highest BCUT2D eigenvalue weighted by Crippen LogP contribution is 2.26. The third-order valence-corrected chi connectivity index (χ3v) is 2.88. The van der Waals surface area contributed by atoms with Crippen LogP contribution in [0.25, 0.3) is 10.9 Å². The zero-order chi connectivity index (χ0) is 10.4. The molecule has 0 amide bonds. The summed E-state index contributed by atoms with van der Waals surface area (Å²) in [6, 6.07) is 7.32. The zero-order valence-corrected chi connectivity index (χ0v) is 8.03. The van der Waals surface area contributed by atoms with E-state index in [2.05, 4.69) is 4.98 Å². The Morgan fingerprint density at radius 1 is 1.33 bits per heavy atom. The molecule has 3 rings (SSSR count). The van der Waals surface area contributed by atoms with E-state index >= 15 is 0 Å². The first-order valence-corrected chi connectivity index (χ1v) is 4.90. The Morgan fingerprint density at radius 2 is 2.20 bits per heavy atom. The highest BCUT2D eigenvalue weighted by molar-refractivity contribution is 6.01. The van der Waals surface area contributed by atoms with Crippen LogP contribution in [0.2, 0.25) is 0 Å². The van der Waals surface area contributed by atoms with Gasteiger partial charge in [-0.05, 0) is 30.5 Å². The van der Waals surface area contributed by atoms with Gasteiger partial charge in [-0.3, -0.25) is 4.98 Å². The normalized spacial score (nSPS) is 13.3. The Hall–Kier alpha value is -1.90. The average Bonchev–Trinajstić information content (AvgIpc) is 2.20. The maximum atomic E-state index is 11.0. The number of rotatable bonds is 1. The van der Waals surface area contributed by atoms with Gasteiger partial charge >= 0.3 is 5.97 Å². The zero-order valence-electron chi connectivity index (χ0n) is 8.03. The minimum atomic E-state index is -0.910. The summed E-state index contributed by atoms with van der Waals surface area (Å²) in [5, 5.41) is 9.95. The summed E-state index contributed by atoms with van der Waals surface area (Å²) < 4.78 is 0. The molecule has 1 N–H and O–H groups in total. The molecular weight excluding hydrogens is 190 g/mol. The van der Waals surface area contributed by atoms with E-state index in [1.54, 1.807) is 12.1 Å². The van der Waals surface area contributed by atoms with Gasteiger partial charge in [0.25, 0.3) is 0 Å². The van der Waals surface area contributed by atoms with Crippen LogP contribution >= 0.6 is 0 Å². The number of aromatic nitrogens is 1. The van der Waals surface area contributed by atoms with Crippen LogP contribution in [0.3, 0.4) is 0 Å². The minimum Gasteiger partial charge on any atom is -0.478 e. The fourth-order valence-corrected chi connectivity index (χ4v) is 1.96. The molecule has 0 saturated heterocycles. The summed E-state index contributed by atoms with van der Waals surface area (Å²) in [6.07, 6.45) is 2.04. The molecule has 1 heterocycles. The highest BCUT2D eigenvalue weighted by Gasteiger charge is 2.18. The summed E-state index contributed by atoms with van der Waals surface area (Å²) in [6.45, 7) is 0. The van der Waals surface area contributed by atoms with Crippen LogP contribution < -0.4 is 0 Å². The van der Waals surface area contributed by atoms with Gasteiger partial charge in [0.15, 0.2) is 0 Å². The van der Waals surface area contributed by atoms with Crippen LogP contribution in [0.5, 0.6) is 0 Å². The van der Waals surface area contributed by atoms with Crippen LogP contribution in [-0.4, -0.2) is 16.1 Å². The number of carboxylic acid groups (broad SMARTS) is 1. The predicted molar refractivity (Wildman–Crippen MR) is 56.1 cm³/mol. The largest absolute Gasteiger partial charge is 0.478 e. The molecule has 1 aliphatic rings. The second-order valence-electron chi connectivity index (χ2n) is 3.78. The molecule has 3 heteroatoms. The molecule has 15 heavy (non-hydrogen) atoms. The van der Waals surface area contributed by atoms with Crippen molar-refractivity contribution in [1.82, 2.24) is 4.98 Å². The van der Waals surface area contributed by atoms with Gasteiger partial charge in [-0.15, -0.1) is 0 Å². The molecule has 0 bridgehead atoms. The Bertz CT molecular complexity index is 575. The lowest BCUT2D eigenvalue weighted by atomic mass is 9.92. The first-order valence-electron chi connectivity index (χ1n) is 4.90. The van der Waals surface area contributed by atoms with E-state index in [0.717, 1.165) is 23.9 Å². The Morgan fingerprint density at radius 3 is 2.87 bits per heavy atom. The number of fused-ring (bicyclic) bond motifs is 2. The lowest BCUT2D eigenvalue weighted by molar-refractivity contribution is 0.0699. The van der Waals surface area contributed by atoms with E-state index in [1.165, 1.54) is 5.56 Å². The van der Waals surface area contributed by atoms with Crippen molar-refractivity contribution < 1.29 is 9.90 Å². The van der Waals surface area contributed by atoms with Crippen molar-refractivity contribution in [1.29, 1.82) is 0 Å². The molecule has 3 nitrogen and oxygen atoms in total. The van der Waals surface area contributed by atoms with E-state index in [1.807, 2.05) is 12.1 Å². The number of hydrogen-bond acceptors (Lipinski definition) is 2. The van der Waals surface area contributed by atoms with Gasteiger partial charge in [0.2, 0.25) is 0 Å². The van der Waals surface area contributed by atoms with Crippen molar-refractivity contribution in [2.45, 2.75) is 12.8 Å². The van der Waals surface area contributed by atoms with Gasteiger partial charge in [0.05, 0.1) is 11.1 Å². The van der Waals surface area contributed by atoms with Gasteiger partial charge in [-0.2, -0.15) is 0 Å². The summed E-state index contributed by atoms with van der Waals surface area (Å²) in [5.74, 6) is -0.910. The molecule has 74 valence electrons. The predicted octanol–water partition coefficient (Wildman–Crippen LogP) is 2.03. The Balaban J connectivity index is 2.38. The molecule has 0 fully saturated rings. The molecule has 1 aliphatic carbocycles. The Kier molecular flexibility index (Phi) is 1.57. The quantitative estimate of drug-likeness (QED) is 0.764. The molecule has 0 unspecified atom stereocenters. The maximum Gasteiger partial charge on any atom is 0.337 e. The van der Waals surface area contributed by atoms with Crippen molar-refractivity contribution in [2.24, 2.45) is 0 Å². The van der Waals surface area contributed by atoms with E-state index in [0.29, 0.717) is 11.1 Å². The Labute approximate surface area is 86.4 Å². The van der Waals surface area contributed by atoms with Gasteiger partial charge in [0.1, 0.15) is 0 Å². The van der Waals surface area contributed by atoms with Gasteiger partial charge in [-0.1, -0.05) is 12.1 Å². The number of benzene rings is 1. The molecular formula is C12H9NO2. The van der Waals surface area contributed by atoms with Crippen molar-refractivity contribution in [3.63, 3.8) is 0 Å². The van der Waals surface area contributed by atoms with Crippen LogP contribution in [0.4, 0.5) is 0 Å². The van der Waals surface area contributed by atoms with Crippen molar-refractivity contribution in [3.8, 4) is 0 Å². The van der Waals surface area contributed by atoms with E-state index in [4.69, 9.17) is 5.11 Å². The number of nitrogens with zero attached hydrogens (tertiary/aromatic N) is 1. The number of pyridine rings is 1. The van der Waals surface area contributed by atoms with Gasteiger partial charge in [0, 0.05) is 11.1 Å². The second kappa shape index (κ2) is 2.79. The van der Waals surface area contributed by atoms with Crippen LogP contribution in [-0.2, 0) is 12.8 Å². The van der Waals surface area contributed by atoms with E-state index in [-0.39, 0.29) is 0 Å². The molecule has 0 radical (unpaired) electrons. The first-order chi connectivity index (χ1) is 7.25. The molecule has 1 aromatic heterocycles. The monoisotopic (exact) mass is 199 g/mol.